The topological polar surface area (TPSA) is 67.1 Å². The Morgan fingerprint density at radius 2 is 1.68 bits per heavy atom. The lowest BCUT2D eigenvalue weighted by Gasteiger charge is -2.12. The van der Waals surface area contributed by atoms with Crippen molar-refractivity contribution in [2.24, 2.45) is 0 Å². The molecule has 2 aromatic carbocycles. The molecular formula is C20H19N3O2. The summed E-state index contributed by atoms with van der Waals surface area (Å²) < 4.78 is 1.70. The first-order valence-corrected chi connectivity index (χ1v) is 8.43. The third-order valence-electron chi connectivity index (χ3n) is 4.60. The number of rotatable bonds is 4. The molecule has 0 bridgehead atoms. The number of carboxylic acid groups (broad SMARTS) is 1. The number of aromatic carboxylic acids is 1. The van der Waals surface area contributed by atoms with Crippen LogP contribution in [0.1, 0.15) is 23.0 Å². The fourth-order valence-electron chi connectivity index (χ4n) is 3.43. The minimum absolute atomic E-state index is 0.0611. The van der Waals surface area contributed by atoms with Gasteiger partial charge in [0.15, 0.2) is 5.69 Å². The molecule has 2 N–H and O–H groups in total. The van der Waals surface area contributed by atoms with Gasteiger partial charge >= 0.3 is 5.97 Å². The van der Waals surface area contributed by atoms with E-state index in [2.05, 4.69) is 5.32 Å². The second-order valence-corrected chi connectivity index (χ2v) is 6.20. The van der Waals surface area contributed by atoms with Crippen LogP contribution in [0.4, 0.5) is 0 Å². The maximum Gasteiger partial charge on any atom is 0.354 e. The zero-order valence-corrected chi connectivity index (χ0v) is 13.7. The van der Waals surface area contributed by atoms with E-state index < -0.39 is 5.97 Å². The van der Waals surface area contributed by atoms with Crippen molar-refractivity contribution < 1.29 is 9.90 Å². The van der Waals surface area contributed by atoms with Crippen LogP contribution in [0, 0.1) is 0 Å². The van der Waals surface area contributed by atoms with E-state index in [9.17, 15) is 9.90 Å². The van der Waals surface area contributed by atoms with E-state index in [1.165, 1.54) is 0 Å². The largest absolute Gasteiger partial charge is 0.477 e. The molecule has 4 rings (SSSR count). The van der Waals surface area contributed by atoms with E-state index in [-0.39, 0.29) is 11.7 Å². The summed E-state index contributed by atoms with van der Waals surface area (Å²) in [5.41, 5.74) is 3.46. The highest BCUT2D eigenvalue weighted by Crippen LogP contribution is 2.36. The molecule has 126 valence electrons. The fourth-order valence-corrected chi connectivity index (χ4v) is 3.43. The maximum atomic E-state index is 12.1. The molecule has 1 atom stereocenters. The summed E-state index contributed by atoms with van der Waals surface area (Å²) in [6.45, 7) is 1.62. The van der Waals surface area contributed by atoms with E-state index in [1.54, 1.807) is 4.68 Å². The van der Waals surface area contributed by atoms with Crippen LogP contribution in [0.2, 0.25) is 0 Å². The number of nitrogens with zero attached hydrogens (tertiary/aromatic N) is 2. The van der Waals surface area contributed by atoms with E-state index in [0.29, 0.717) is 5.56 Å². The average molecular weight is 333 g/mol. The Kier molecular flexibility index (Phi) is 4.07. The summed E-state index contributed by atoms with van der Waals surface area (Å²) in [4.78, 5) is 12.1. The fraction of sp³-hybridized carbons (Fsp3) is 0.200. The second kappa shape index (κ2) is 6.53. The summed E-state index contributed by atoms with van der Waals surface area (Å²) in [5, 5.41) is 18.0. The summed E-state index contributed by atoms with van der Waals surface area (Å²) in [6.07, 6.45) is 0.879. The molecule has 25 heavy (non-hydrogen) atoms. The lowest BCUT2D eigenvalue weighted by Crippen LogP contribution is -2.19. The molecule has 2 heterocycles. The summed E-state index contributed by atoms with van der Waals surface area (Å²) in [5.74, 6) is -0.944. The highest BCUT2D eigenvalue weighted by Gasteiger charge is 2.30. The van der Waals surface area contributed by atoms with Crippen molar-refractivity contribution in [3.8, 4) is 22.4 Å². The van der Waals surface area contributed by atoms with Crippen LogP contribution < -0.4 is 5.32 Å². The summed E-state index contributed by atoms with van der Waals surface area (Å²) >= 11 is 0. The number of hydrogen-bond donors (Lipinski definition) is 2. The molecule has 1 aliphatic heterocycles. The van der Waals surface area contributed by atoms with Crippen LogP contribution in [-0.4, -0.2) is 33.9 Å². The van der Waals surface area contributed by atoms with Gasteiger partial charge in [0.25, 0.3) is 0 Å². The zero-order valence-electron chi connectivity index (χ0n) is 13.7. The van der Waals surface area contributed by atoms with Gasteiger partial charge in [-0.1, -0.05) is 60.7 Å². The number of hydrogen-bond acceptors (Lipinski definition) is 3. The van der Waals surface area contributed by atoms with Crippen LogP contribution in [0.15, 0.2) is 60.7 Å². The predicted molar refractivity (Wildman–Crippen MR) is 96.6 cm³/mol. The van der Waals surface area contributed by atoms with Crippen LogP contribution in [0.3, 0.4) is 0 Å². The smallest absolute Gasteiger partial charge is 0.354 e. The lowest BCUT2D eigenvalue weighted by molar-refractivity contribution is 0.0681. The standard InChI is InChI=1S/C20H19N3O2/c24-20(25)19-17(14-7-3-1-4-8-14)18(15-9-5-2-6-10-15)22-23(19)16-11-12-21-13-16/h1-10,16,21H,11-13H2,(H,24,25)/t16-/m1/s1. The van der Waals surface area contributed by atoms with Gasteiger partial charge in [0.05, 0.1) is 6.04 Å². The first-order chi connectivity index (χ1) is 12.3. The molecule has 0 amide bonds. The van der Waals surface area contributed by atoms with Crippen molar-refractivity contribution in [3.05, 3.63) is 66.4 Å². The van der Waals surface area contributed by atoms with E-state index >= 15 is 0 Å². The molecule has 1 aliphatic rings. The average Bonchev–Trinajstić information content (AvgIpc) is 3.30. The number of aromatic nitrogens is 2. The van der Waals surface area contributed by atoms with Crippen molar-refractivity contribution >= 4 is 5.97 Å². The Bertz CT molecular complexity index is 882. The van der Waals surface area contributed by atoms with Crippen LogP contribution >= 0.6 is 0 Å². The Morgan fingerprint density at radius 3 is 2.24 bits per heavy atom. The molecule has 0 saturated carbocycles. The van der Waals surface area contributed by atoms with Crippen molar-refractivity contribution in [2.45, 2.75) is 12.5 Å². The van der Waals surface area contributed by atoms with Crippen LogP contribution in [0.25, 0.3) is 22.4 Å². The van der Waals surface area contributed by atoms with Crippen molar-refractivity contribution in [2.75, 3.05) is 13.1 Å². The van der Waals surface area contributed by atoms with Crippen molar-refractivity contribution in [1.82, 2.24) is 15.1 Å². The quantitative estimate of drug-likeness (QED) is 0.767. The SMILES string of the molecule is O=C(O)c1c(-c2ccccc2)c(-c2ccccc2)nn1[C@@H]1CCNC1. The van der Waals surface area contributed by atoms with Gasteiger partial charge < -0.3 is 10.4 Å². The minimum atomic E-state index is -0.944. The van der Waals surface area contributed by atoms with Crippen molar-refractivity contribution in [3.63, 3.8) is 0 Å². The van der Waals surface area contributed by atoms with Gasteiger partial charge in [-0.2, -0.15) is 5.10 Å². The number of benzene rings is 2. The number of carbonyl (C=O) groups is 1. The Balaban J connectivity index is 1.99. The third kappa shape index (κ3) is 2.83. The van der Waals surface area contributed by atoms with Gasteiger partial charge in [-0.15, -0.1) is 0 Å². The molecule has 5 nitrogen and oxygen atoms in total. The highest BCUT2D eigenvalue weighted by atomic mass is 16.4. The Labute approximate surface area is 145 Å². The Morgan fingerprint density at radius 1 is 1.04 bits per heavy atom. The van der Waals surface area contributed by atoms with E-state index in [1.807, 2.05) is 60.7 Å². The minimum Gasteiger partial charge on any atom is -0.477 e. The monoisotopic (exact) mass is 333 g/mol. The zero-order chi connectivity index (χ0) is 17.2. The van der Waals surface area contributed by atoms with Gasteiger partial charge in [0.2, 0.25) is 0 Å². The predicted octanol–water partition coefficient (Wildman–Crippen LogP) is 3.45. The molecule has 5 heteroatoms. The summed E-state index contributed by atoms with van der Waals surface area (Å²) in [6, 6.07) is 19.5. The third-order valence-corrected chi connectivity index (χ3v) is 4.60. The molecule has 0 spiro atoms. The molecule has 1 fully saturated rings. The first-order valence-electron chi connectivity index (χ1n) is 8.43. The van der Waals surface area contributed by atoms with Gasteiger partial charge in [0.1, 0.15) is 5.69 Å². The molecule has 1 saturated heterocycles. The normalized spacial score (nSPS) is 16.9. The highest BCUT2D eigenvalue weighted by molar-refractivity contribution is 5.99. The number of nitrogens with one attached hydrogen (secondary N) is 1. The van der Waals surface area contributed by atoms with Crippen molar-refractivity contribution in [1.29, 1.82) is 0 Å². The van der Waals surface area contributed by atoms with Gasteiger partial charge in [-0.3, -0.25) is 4.68 Å². The Hall–Kier alpha value is -2.92. The molecule has 0 aliphatic carbocycles. The van der Waals surface area contributed by atoms with Gasteiger partial charge in [-0.05, 0) is 18.5 Å². The molecule has 3 aromatic rings. The van der Waals surface area contributed by atoms with Crippen LogP contribution in [0.5, 0.6) is 0 Å². The van der Waals surface area contributed by atoms with E-state index in [4.69, 9.17) is 5.10 Å². The second-order valence-electron chi connectivity index (χ2n) is 6.20. The molecular weight excluding hydrogens is 314 g/mol. The van der Waals surface area contributed by atoms with E-state index in [0.717, 1.165) is 36.3 Å². The van der Waals surface area contributed by atoms with Gasteiger partial charge in [-0.25, -0.2) is 4.79 Å². The first kappa shape index (κ1) is 15.6. The molecule has 0 unspecified atom stereocenters. The number of carboxylic acids is 1. The van der Waals surface area contributed by atoms with Crippen LogP contribution in [-0.2, 0) is 0 Å². The molecule has 1 aromatic heterocycles. The maximum absolute atomic E-state index is 12.1. The lowest BCUT2D eigenvalue weighted by atomic mass is 9.98. The van der Waals surface area contributed by atoms with Gasteiger partial charge in [0, 0.05) is 17.7 Å². The molecule has 0 radical (unpaired) electrons. The summed E-state index contributed by atoms with van der Waals surface area (Å²) in [7, 11) is 0.